The fourth-order valence-electron chi connectivity index (χ4n) is 2.12. The third kappa shape index (κ3) is 3.73. The van der Waals surface area contributed by atoms with Crippen molar-refractivity contribution in [3.63, 3.8) is 0 Å². The van der Waals surface area contributed by atoms with E-state index in [9.17, 15) is 9.59 Å². The van der Waals surface area contributed by atoms with E-state index in [0.717, 1.165) is 11.3 Å². The summed E-state index contributed by atoms with van der Waals surface area (Å²) in [4.78, 5) is 23.6. The van der Waals surface area contributed by atoms with E-state index < -0.39 is 5.97 Å². The highest BCUT2D eigenvalue weighted by Crippen LogP contribution is 2.39. The van der Waals surface area contributed by atoms with Crippen LogP contribution in [0.15, 0.2) is 29.2 Å². The Morgan fingerprint density at radius 1 is 1.32 bits per heavy atom. The first-order valence-corrected chi connectivity index (χ1v) is 7.38. The molecule has 0 aliphatic carbocycles. The van der Waals surface area contributed by atoms with Gasteiger partial charge in [0.1, 0.15) is 0 Å². The molecule has 1 aliphatic heterocycles. The Morgan fingerprint density at radius 2 is 2.11 bits per heavy atom. The smallest absolute Gasteiger partial charge is 0.303 e. The topological polar surface area (TPSA) is 66.4 Å². The maximum atomic E-state index is 12.1. The van der Waals surface area contributed by atoms with E-state index in [2.05, 4.69) is 5.32 Å². The Balaban J connectivity index is 1.77. The Morgan fingerprint density at radius 3 is 2.89 bits per heavy atom. The molecule has 102 valence electrons. The van der Waals surface area contributed by atoms with Crippen LogP contribution in [0.25, 0.3) is 0 Å². The Hall–Kier alpha value is -1.49. The summed E-state index contributed by atoms with van der Waals surface area (Å²) in [6, 6.07) is 7.99. The van der Waals surface area contributed by atoms with Crippen molar-refractivity contribution in [2.45, 2.75) is 30.1 Å². The zero-order valence-electron chi connectivity index (χ0n) is 10.6. The summed E-state index contributed by atoms with van der Waals surface area (Å²) >= 11 is 1.71. The molecule has 0 spiro atoms. The van der Waals surface area contributed by atoms with E-state index in [1.54, 1.807) is 11.8 Å². The lowest BCUT2D eigenvalue weighted by Gasteiger charge is -2.11. The largest absolute Gasteiger partial charge is 0.481 e. The van der Waals surface area contributed by atoms with E-state index in [0.29, 0.717) is 19.4 Å². The number of carboxylic acids is 1. The molecule has 0 fully saturated rings. The van der Waals surface area contributed by atoms with Crippen LogP contribution in [-0.4, -0.2) is 29.3 Å². The predicted octanol–water partition coefficient (Wildman–Crippen LogP) is 2.25. The first-order chi connectivity index (χ1) is 9.18. The number of carbonyl (C=O) groups is 2. The van der Waals surface area contributed by atoms with Gasteiger partial charge in [0.2, 0.25) is 5.91 Å². The van der Waals surface area contributed by atoms with Gasteiger partial charge in [0, 0.05) is 23.6 Å². The summed E-state index contributed by atoms with van der Waals surface area (Å²) < 4.78 is 0. The van der Waals surface area contributed by atoms with E-state index in [4.69, 9.17) is 5.11 Å². The normalized spacial score (nSPS) is 16.9. The van der Waals surface area contributed by atoms with Gasteiger partial charge in [0.25, 0.3) is 0 Å². The van der Waals surface area contributed by atoms with Gasteiger partial charge in [-0.3, -0.25) is 9.59 Å². The summed E-state index contributed by atoms with van der Waals surface area (Å²) in [5.74, 6) is -0.0128. The minimum atomic E-state index is -0.785. The lowest BCUT2D eigenvalue weighted by Crippen LogP contribution is -2.30. The van der Waals surface area contributed by atoms with Crippen molar-refractivity contribution in [2.75, 3.05) is 12.3 Å². The first-order valence-electron chi connectivity index (χ1n) is 6.39. The molecule has 5 heteroatoms. The highest BCUT2D eigenvalue weighted by atomic mass is 32.2. The lowest BCUT2D eigenvalue weighted by molar-refractivity contribution is -0.137. The molecule has 0 saturated heterocycles. The number of hydrogen-bond donors (Lipinski definition) is 2. The molecule has 4 nitrogen and oxygen atoms in total. The molecule has 0 saturated carbocycles. The molecule has 0 unspecified atom stereocenters. The van der Waals surface area contributed by atoms with Crippen LogP contribution < -0.4 is 5.32 Å². The number of nitrogens with one attached hydrogen (secondary N) is 1. The number of amides is 1. The zero-order valence-corrected chi connectivity index (χ0v) is 11.4. The second-order valence-electron chi connectivity index (χ2n) is 4.54. The van der Waals surface area contributed by atoms with Crippen molar-refractivity contribution in [1.29, 1.82) is 0 Å². The van der Waals surface area contributed by atoms with Gasteiger partial charge in [0.15, 0.2) is 0 Å². The van der Waals surface area contributed by atoms with Crippen LogP contribution in [0.2, 0.25) is 0 Å². The second kappa shape index (κ2) is 6.61. The summed E-state index contributed by atoms with van der Waals surface area (Å²) in [5, 5.41) is 11.4. The highest BCUT2D eigenvalue weighted by molar-refractivity contribution is 7.99. The number of thioether (sulfide) groups is 1. The molecule has 1 aromatic rings. The summed E-state index contributed by atoms with van der Waals surface area (Å²) in [7, 11) is 0. The fraction of sp³-hybridized carbons (Fsp3) is 0.429. The minimum Gasteiger partial charge on any atom is -0.481 e. The van der Waals surface area contributed by atoms with Crippen molar-refractivity contribution < 1.29 is 14.7 Å². The number of fused-ring (bicyclic) bond motifs is 1. The van der Waals surface area contributed by atoms with Gasteiger partial charge in [-0.15, -0.1) is 11.8 Å². The van der Waals surface area contributed by atoms with Gasteiger partial charge in [-0.05, 0) is 24.5 Å². The minimum absolute atomic E-state index is 0.0489. The lowest BCUT2D eigenvalue weighted by atomic mass is 10.0. The van der Waals surface area contributed by atoms with Gasteiger partial charge in [0.05, 0.1) is 5.92 Å². The maximum absolute atomic E-state index is 12.1. The summed E-state index contributed by atoms with van der Waals surface area (Å²) in [6.45, 7) is 0.551. The first kappa shape index (κ1) is 13.9. The Labute approximate surface area is 116 Å². The summed E-state index contributed by atoms with van der Waals surface area (Å²) in [6.07, 6.45) is 1.48. The Kier molecular flexibility index (Phi) is 4.85. The number of unbranched alkanes of at least 4 members (excludes halogenated alkanes) is 1. The van der Waals surface area contributed by atoms with Crippen molar-refractivity contribution in [3.05, 3.63) is 29.8 Å². The van der Waals surface area contributed by atoms with Crippen LogP contribution in [-0.2, 0) is 9.59 Å². The molecule has 1 aliphatic rings. The number of hydrogen-bond acceptors (Lipinski definition) is 3. The van der Waals surface area contributed by atoms with Crippen LogP contribution in [0.1, 0.15) is 30.7 Å². The monoisotopic (exact) mass is 279 g/mol. The van der Waals surface area contributed by atoms with Crippen LogP contribution in [0.5, 0.6) is 0 Å². The van der Waals surface area contributed by atoms with Gasteiger partial charge in [-0.25, -0.2) is 0 Å². The van der Waals surface area contributed by atoms with E-state index in [1.165, 1.54) is 4.90 Å². The summed E-state index contributed by atoms with van der Waals surface area (Å²) in [5.41, 5.74) is 1.11. The fourth-order valence-corrected chi connectivity index (χ4v) is 3.34. The third-order valence-corrected chi connectivity index (χ3v) is 4.32. The van der Waals surface area contributed by atoms with E-state index in [1.807, 2.05) is 24.3 Å². The second-order valence-corrected chi connectivity index (χ2v) is 5.61. The van der Waals surface area contributed by atoms with Gasteiger partial charge in [-0.2, -0.15) is 0 Å². The Bertz CT molecular complexity index is 476. The quantitative estimate of drug-likeness (QED) is 0.784. The van der Waals surface area contributed by atoms with Crippen LogP contribution >= 0.6 is 11.8 Å². The van der Waals surface area contributed by atoms with Gasteiger partial charge < -0.3 is 10.4 Å². The zero-order chi connectivity index (χ0) is 13.7. The molecule has 1 aromatic carbocycles. The number of benzene rings is 1. The number of carbonyl (C=O) groups excluding carboxylic acids is 1. The van der Waals surface area contributed by atoms with Gasteiger partial charge in [-0.1, -0.05) is 18.2 Å². The number of aliphatic carboxylic acids is 1. The van der Waals surface area contributed by atoms with Crippen molar-refractivity contribution in [2.24, 2.45) is 0 Å². The molecule has 2 rings (SSSR count). The van der Waals surface area contributed by atoms with E-state index >= 15 is 0 Å². The third-order valence-electron chi connectivity index (χ3n) is 3.13. The predicted molar refractivity (Wildman–Crippen MR) is 74.4 cm³/mol. The van der Waals surface area contributed by atoms with Crippen LogP contribution in [0.3, 0.4) is 0 Å². The molecule has 0 aromatic heterocycles. The molecule has 19 heavy (non-hydrogen) atoms. The SMILES string of the molecule is O=C(O)CCCCNC(=O)[C@H]1CSc2ccccc21. The molecule has 0 radical (unpaired) electrons. The molecular weight excluding hydrogens is 262 g/mol. The van der Waals surface area contributed by atoms with Crippen LogP contribution in [0.4, 0.5) is 0 Å². The van der Waals surface area contributed by atoms with Crippen LogP contribution in [0, 0.1) is 0 Å². The van der Waals surface area contributed by atoms with Gasteiger partial charge >= 0.3 is 5.97 Å². The number of carboxylic acid groups (broad SMARTS) is 1. The average Bonchev–Trinajstić information content (AvgIpc) is 2.81. The highest BCUT2D eigenvalue weighted by Gasteiger charge is 2.28. The molecule has 1 heterocycles. The molecule has 1 atom stereocenters. The van der Waals surface area contributed by atoms with Crippen molar-refractivity contribution in [3.8, 4) is 0 Å². The maximum Gasteiger partial charge on any atom is 0.303 e. The van der Waals surface area contributed by atoms with Crippen molar-refractivity contribution in [1.82, 2.24) is 5.32 Å². The molecular formula is C14H17NO3S. The molecule has 0 bridgehead atoms. The average molecular weight is 279 g/mol. The van der Waals surface area contributed by atoms with E-state index in [-0.39, 0.29) is 18.2 Å². The molecule has 2 N–H and O–H groups in total. The van der Waals surface area contributed by atoms with Crippen molar-refractivity contribution >= 4 is 23.6 Å². The standard InChI is InChI=1S/C14H17NO3S/c16-13(17)7-3-4-8-15-14(18)11-9-19-12-6-2-1-5-10(11)12/h1-2,5-6,11H,3-4,7-9H2,(H,15,18)(H,16,17)/t11-/m0/s1. The molecule has 1 amide bonds. The number of rotatable bonds is 6.